The Bertz CT molecular complexity index is 930. The fraction of sp³-hybridized carbons (Fsp3) is 0.294. The van der Waals surface area contributed by atoms with Crippen LogP contribution in [0.1, 0.15) is 17.8 Å². The average molecular weight is 338 g/mol. The molecule has 2 amide bonds. The Morgan fingerprint density at radius 1 is 1.44 bits per heavy atom. The van der Waals surface area contributed by atoms with Crippen molar-refractivity contribution in [2.75, 3.05) is 11.4 Å². The summed E-state index contributed by atoms with van der Waals surface area (Å²) in [6, 6.07) is 5.89. The summed E-state index contributed by atoms with van der Waals surface area (Å²) in [5.74, 6) is -0.556. The number of H-pyrrole nitrogens is 1. The van der Waals surface area contributed by atoms with Gasteiger partial charge in [-0.3, -0.25) is 14.7 Å². The van der Waals surface area contributed by atoms with Gasteiger partial charge in [0.2, 0.25) is 11.8 Å². The summed E-state index contributed by atoms with van der Waals surface area (Å²) in [6.07, 6.45) is 5.36. The number of hydrogen-bond donors (Lipinski definition) is 2. The third kappa shape index (κ3) is 2.86. The van der Waals surface area contributed by atoms with Crippen LogP contribution >= 0.6 is 0 Å². The molecule has 0 spiro atoms. The first-order valence-corrected chi connectivity index (χ1v) is 8.12. The van der Waals surface area contributed by atoms with Gasteiger partial charge in [0, 0.05) is 31.1 Å². The molecule has 0 aliphatic carbocycles. The molecule has 128 valence electrons. The number of aromatic amines is 1. The quantitative estimate of drug-likeness (QED) is 0.743. The van der Waals surface area contributed by atoms with Crippen molar-refractivity contribution in [1.82, 2.24) is 24.9 Å². The third-order valence-electron chi connectivity index (χ3n) is 4.48. The summed E-state index contributed by atoms with van der Waals surface area (Å²) < 4.78 is 1.99. The summed E-state index contributed by atoms with van der Waals surface area (Å²) in [5.41, 5.74) is 3.42. The first kappa shape index (κ1) is 15.4. The van der Waals surface area contributed by atoms with Gasteiger partial charge in [-0.05, 0) is 19.1 Å². The number of rotatable bonds is 4. The van der Waals surface area contributed by atoms with Crippen molar-refractivity contribution < 1.29 is 9.59 Å². The van der Waals surface area contributed by atoms with Crippen molar-refractivity contribution in [2.24, 2.45) is 5.92 Å². The van der Waals surface area contributed by atoms with E-state index in [4.69, 9.17) is 0 Å². The molecule has 0 radical (unpaired) electrons. The van der Waals surface area contributed by atoms with Crippen molar-refractivity contribution in [3.63, 3.8) is 0 Å². The maximum absolute atomic E-state index is 12.4. The van der Waals surface area contributed by atoms with E-state index in [1.54, 1.807) is 17.3 Å². The molecule has 0 bridgehead atoms. The summed E-state index contributed by atoms with van der Waals surface area (Å²) in [4.78, 5) is 30.6. The number of amides is 2. The summed E-state index contributed by atoms with van der Waals surface area (Å²) in [7, 11) is 0. The molecule has 0 saturated carbocycles. The molecule has 3 aromatic rings. The molecule has 1 atom stereocenters. The average Bonchev–Trinajstić information content (AvgIpc) is 3.31. The van der Waals surface area contributed by atoms with Crippen LogP contribution in [0.15, 0.2) is 36.8 Å². The summed E-state index contributed by atoms with van der Waals surface area (Å²) >= 11 is 0. The minimum absolute atomic E-state index is 0.0649. The van der Waals surface area contributed by atoms with Gasteiger partial charge in [-0.15, -0.1) is 0 Å². The van der Waals surface area contributed by atoms with Gasteiger partial charge in [-0.2, -0.15) is 5.10 Å². The van der Waals surface area contributed by atoms with E-state index in [0.29, 0.717) is 18.8 Å². The zero-order chi connectivity index (χ0) is 17.4. The van der Waals surface area contributed by atoms with Crippen molar-refractivity contribution in [3.05, 3.63) is 48.2 Å². The van der Waals surface area contributed by atoms with Crippen LogP contribution in [-0.4, -0.2) is 37.9 Å². The molecule has 8 nitrogen and oxygen atoms in total. The lowest BCUT2D eigenvalue weighted by atomic mass is 10.1. The highest BCUT2D eigenvalue weighted by atomic mass is 16.2. The minimum Gasteiger partial charge on any atom is -0.350 e. The number of aryl methyl sites for hydroxylation is 1. The van der Waals surface area contributed by atoms with E-state index in [9.17, 15) is 9.59 Å². The van der Waals surface area contributed by atoms with Crippen LogP contribution in [0.3, 0.4) is 0 Å². The Kier molecular flexibility index (Phi) is 3.72. The second-order valence-corrected chi connectivity index (χ2v) is 6.21. The van der Waals surface area contributed by atoms with Crippen LogP contribution in [0.5, 0.6) is 0 Å². The van der Waals surface area contributed by atoms with Crippen molar-refractivity contribution in [2.45, 2.75) is 19.9 Å². The van der Waals surface area contributed by atoms with E-state index in [-0.39, 0.29) is 24.2 Å². The van der Waals surface area contributed by atoms with Crippen LogP contribution in [0.2, 0.25) is 0 Å². The lowest BCUT2D eigenvalue weighted by molar-refractivity contribution is -0.126. The van der Waals surface area contributed by atoms with Crippen molar-refractivity contribution in [1.29, 1.82) is 0 Å². The molecule has 4 heterocycles. The molecular formula is C17H18N6O2. The minimum atomic E-state index is -0.360. The molecule has 1 fully saturated rings. The number of fused-ring (bicyclic) bond motifs is 1. The second-order valence-electron chi connectivity index (χ2n) is 6.21. The van der Waals surface area contributed by atoms with Gasteiger partial charge in [0.25, 0.3) is 0 Å². The summed E-state index contributed by atoms with van der Waals surface area (Å²) in [6.45, 7) is 2.72. The smallest absolute Gasteiger partial charge is 0.227 e. The van der Waals surface area contributed by atoms with E-state index < -0.39 is 0 Å². The third-order valence-corrected chi connectivity index (χ3v) is 4.48. The fourth-order valence-electron chi connectivity index (χ4n) is 3.13. The fourth-order valence-corrected chi connectivity index (χ4v) is 3.13. The van der Waals surface area contributed by atoms with Gasteiger partial charge >= 0.3 is 0 Å². The molecule has 3 aromatic heterocycles. The molecule has 8 heteroatoms. The molecule has 4 rings (SSSR count). The number of carbonyl (C=O) groups is 2. The van der Waals surface area contributed by atoms with Gasteiger partial charge in [0.1, 0.15) is 5.65 Å². The molecular weight excluding hydrogens is 320 g/mol. The van der Waals surface area contributed by atoms with Crippen LogP contribution < -0.4 is 10.2 Å². The molecule has 25 heavy (non-hydrogen) atoms. The van der Waals surface area contributed by atoms with E-state index >= 15 is 0 Å². The highest BCUT2D eigenvalue weighted by Crippen LogP contribution is 2.24. The number of nitrogens with zero attached hydrogens (tertiary/aromatic N) is 4. The van der Waals surface area contributed by atoms with E-state index in [1.807, 2.05) is 35.7 Å². The SMILES string of the molecule is Cc1cccc2nc(CNC(=O)[C@@H]3CC(=O)N(c4cn[nH]c4)C3)cn12. The molecule has 1 aliphatic rings. The van der Waals surface area contributed by atoms with Crippen molar-refractivity contribution >= 4 is 23.1 Å². The number of anilines is 1. The summed E-state index contributed by atoms with van der Waals surface area (Å²) in [5, 5.41) is 9.42. The molecule has 2 N–H and O–H groups in total. The van der Waals surface area contributed by atoms with E-state index in [0.717, 1.165) is 17.0 Å². The Labute approximate surface area is 143 Å². The molecule has 0 aromatic carbocycles. The zero-order valence-electron chi connectivity index (χ0n) is 13.8. The number of pyridine rings is 1. The Morgan fingerprint density at radius 2 is 2.32 bits per heavy atom. The van der Waals surface area contributed by atoms with Crippen molar-refractivity contribution in [3.8, 4) is 0 Å². The Balaban J connectivity index is 1.40. The number of carbonyl (C=O) groups excluding carboxylic acids is 2. The highest BCUT2D eigenvalue weighted by molar-refractivity contribution is 6.00. The Hall–Kier alpha value is -3.16. The number of nitrogens with one attached hydrogen (secondary N) is 2. The Morgan fingerprint density at radius 3 is 3.08 bits per heavy atom. The molecule has 0 unspecified atom stereocenters. The lowest BCUT2D eigenvalue weighted by Crippen LogP contribution is -2.32. The van der Waals surface area contributed by atoms with Crippen LogP contribution in [0.4, 0.5) is 5.69 Å². The van der Waals surface area contributed by atoms with Gasteiger partial charge in [0.05, 0.1) is 30.0 Å². The maximum Gasteiger partial charge on any atom is 0.227 e. The standard InChI is InChI=1S/C17H18N6O2/c1-11-3-2-4-15-21-13(10-22(11)15)6-18-17(25)12-5-16(24)23(9-12)14-7-19-20-8-14/h2-4,7-8,10,12H,5-6,9H2,1H3,(H,18,25)(H,19,20)/t12-/m1/s1. The predicted octanol–water partition coefficient (Wildman–Crippen LogP) is 1.04. The largest absolute Gasteiger partial charge is 0.350 e. The van der Waals surface area contributed by atoms with Crippen LogP contribution in [-0.2, 0) is 16.1 Å². The molecule has 1 saturated heterocycles. The van der Waals surface area contributed by atoms with E-state index in [1.165, 1.54) is 0 Å². The first-order valence-electron chi connectivity index (χ1n) is 8.12. The van der Waals surface area contributed by atoms with Gasteiger partial charge < -0.3 is 14.6 Å². The monoisotopic (exact) mass is 338 g/mol. The normalized spacial score (nSPS) is 17.4. The van der Waals surface area contributed by atoms with Gasteiger partial charge in [-0.1, -0.05) is 6.07 Å². The van der Waals surface area contributed by atoms with E-state index in [2.05, 4.69) is 20.5 Å². The van der Waals surface area contributed by atoms with Crippen LogP contribution in [0, 0.1) is 12.8 Å². The first-order chi connectivity index (χ1) is 12.1. The second kappa shape index (κ2) is 6.04. The maximum atomic E-state index is 12.4. The predicted molar refractivity (Wildman–Crippen MR) is 90.8 cm³/mol. The molecule has 1 aliphatic heterocycles. The van der Waals surface area contributed by atoms with Crippen LogP contribution in [0.25, 0.3) is 5.65 Å². The lowest BCUT2D eigenvalue weighted by Gasteiger charge is -2.13. The van der Waals surface area contributed by atoms with Gasteiger partial charge in [0.15, 0.2) is 0 Å². The number of imidazole rings is 1. The highest BCUT2D eigenvalue weighted by Gasteiger charge is 2.35. The topological polar surface area (TPSA) is 95.4 Å². The number of hydrogen-bond acceptors (Lipinski definition) is 4. The van der Waals surface area contributed by atoms with Gasteiger partial charge in [-0.25, -0.2) is 4.98 Å². The number of aromatic nitrogens is 4. The zero-order valence-corrected chi connectivity index (χ0v) is 13.8.